The minimum atomic E-state index is -0.447. The van der Waals surface area contributed by atoms with Crippen LogP contribution in [0.2, 0.25) is 0 Å². The van der Waals surface area contributed by atoms with Crippen molar-refractivity contribution in [3.63, 3.8) is 0 Å². The van der Waals surface area contributed by atoms with Crippen molar-refractivity contribution in [2.24, 2.45) is 0 Å². The Morgan fingerprint density at radius 3 is 2.68 bits per heavy atom. The first-order chi connectivity index (χ1) is 10.6. The zero-order valence-electron chi connectivity index (χ0n) is 12.5. The van der Waals surface area contributed by atoms with E-state index in [0.717, 1.165) is 11.1 Å². The molecule has 0 saturated carbocycles. The highest BCUT2D eigenvalue weighted by molar-refractivity contribution is 6.09. The summed E-state index contributed by atoms with van der Waals surface area (Å²) in [5.41, 5.74) is 2.51. The number of carbonyl (C=O) groups excluding carboxylic acids is 1. The van der Waals surface area contributed by atoms with Crippen molar-refractivity contribution < 1.29 is 9.53 Å². The number of hydrogen-bond donors (Lipinski definition) is 1. The fourth-order valence-corrected chi connectivity index (χ4v) is 1.97. The first kappa shape index (κ1) is 15.3. The number of benzene rings is 2. The van der Waals surface area contributed by atoms with Gasteiger partial charge in [0.25, 0.3) is 5.91 Å². The van der Waals surface area contributed by atoms with Gasteiger partial charge in [-0.1, -0.05) is 35.9 Å². The molecule has 0 bridgehead atoms. The van der Waals surface area contributed by atoms with E-state index in [9.17, 15) is 10.1 Å². The van der Waals surface area contributed by atoms with Gasteiger partial charge in [0.05, 0.1) is 7.11 Å². The van der Waals surface area contributed by atoms with Gasteiger partial charge in [-0.15, -0.1) is 0 Å². The summed E-state index contributed by atoms with van der Waals surface area (Å²) < 4.78 is 5.10. The molecule has 0 atom stereocenters. The smallest absolute Gasteiger partial charge is 0.266 e. The van der Waals surface area contributed by atoms with Gasteiger partial charge in [0.2, 0.25) is 0 Å². The highest BCUT2D eigenvalue weighted by Crippen LogP contribution is 2.18. The third kappa shape index (κ3) is 3.97. The molecule has 0 aromatic heterocycles. The fourth-order valence-electron chi connectivity index (χ4n) is 1.97. The van der Waals surface area contributed by atoms with Crippen molar-refractivity contribution in [3.8, 4) is 11.8 Å². The van der Waals surface area contributed by atoms with Crippen LogP contribution in [0.5, 0.6) is 5.75 Å². The Morgan fingerprint density at radius 2 is 2.00 bits per heavy atom. The van der Waals surface area contributed by atoms with E-state index in [2.05, 4.69) is 5.32 Å². The quantitative estimate of drug-likeness (QED) is 0.692. The van der Waals surface area contributed by atoms with Gasteiger partial charge in [-0.2, -0.15) is 5.26 Å². The van der Waals surface area contributed by atoms with Crippen LogP contribution >= 0.6 is 0 Å². The van der Waals surface area contributed by atoms with Crippen LogP contribution in [-0.4, -0.2) is 13.0 Å². The maximum absolute atomic E-state index is 12.2. The van der Waals surface area contributed by atoms with E-state index < -0.39 is 5.91 Å². The lowest BCUT2D eigenvalue weighted by molar-refractivity contribution is -0.112. The monoisotopic (exact) mass is 292 g/mol. The van der Waals surface area contributed by atoms with Crippen LogP contribution in [0.4, 0.5) is 5.69 Å². The van der Waals surface area contributed by atoms with Gasteiger partial charge in [-0.3, -0.25) is 4.79 Å². The molecule has 0 radical (unpaired) electrons. The zero-order chi connectivity index (χ0) is 15.9. The number of aryl methyl sites for hydroxylation is 1. The van der Waals surface area contributed by atoms with Crippen LogP contribution in [0.1, 0.15) is 11.1 Å². The standard InChI is InChI=1S/C18H16N2O2/c1-13-5-3-6-14(9-13)10-15(12-19)18(21)20-16-7-4-8-17(11-16)22-2/h3-11H,1-2H3,(H,20,21)/b15-10+. The molecule has 1 amide bonds. The van der Waals surface area contributed by atoms with E-state index in [-0.39, 0.29) is 5.57 Å². The molecule has 110 valence electrons. The topological polar surface area (TPSA) is 62.1 Å². The summed E-state index contributed by atoms with van der Waals surface area (Å²) in [7, 11) is 1.55. The van der Waals surface area contributed by atoms with Crippen LogP contribution in [0.25, 0.3) is 6.08 Å². The Bertz CT molecular complexity index is 758. The normalized spacial score (nSPS) is 10.7. The second kappa shape index (κ2) is 7.09. The SMILES string of the molecule is COc1cccc(NC(=O)/C(C#N)=C/c2cccc(C)c2)c1. The first-order valence-corrected chi connectivity index (χ1v) is 6.76. The number of nitrogens with one attached hydrogen (secondary N) is 1. The molecule has 2 aromatic carbocycles. The maximum atomic E-state index is 12.2. The molecule has 0 aliphatic carbocycles. The predicted octanol–water partition coefficient (Wildman–Crippen LogP) is 3.55. The molecule has 4 nitrogen and oxygen atoms in total. The number of rotatable bonds is 4. The van der Waals surface area contributed by atoms with Gasteiger partial charge in [-0.05, 0) is 30.7 Å². The van der Waals surface area contributed by atoms with Gasteiger partial charge in [0, 0.05) is 11.8 Å². The van der Waals surface area contributed by atoms with Gasteiger partial charge in [0.1, 0.15) is 17.4 Å². The summed E-state index contributed by atoms with van der Waals surface area (Å²) in [4.78, 5) is 12.2. The molecule has 1 N–H and O–H groups in total. The van der Waals surface area contributed by atoms with Gasteiger partial charge in [0.15, 0.2) is 0 Å². The largest absolute Gasteiger partial charge is 0.497 e. The first-order valence-electron chi connectivity index (χ1n) is 6.76. The highest BCUT2D eigenvalue weighted by atomic mass is 16.5. The van der Waals surface area contributed by atoms with Crippen molar-refractivity contribution in [2.45, 2.75) is 6.92 Å². The highest BCUT2D eigenvalue weighted by Gasteiger charge is 2.10. The molecular weight excluding hydrogens is 276 g/mol. The van der Waals surface area contributed by atoms with E-state index >= 15 is 0 Å². The number of carbonyl (C=O) groups is 1. The number of amides is 1. The lowest BCUT2D eigenvalue weighted by Crippen LogP contribution is -2.13. The van der Waals surface area contributed by atoms with Gasteiger partial charge >= 0.3 is 0 Å². The summed E-state index contributed by atoms with van der Waals surface area (Å²) in [5, 5.41) is 11.9. The number of methoxy groups -OCH3 is 1. The summed E-state index contributed by atoms with van der Waals surface area (Å²) in [6, 6.07) is 16.5. The third-order valence-corrected chi connectivity index (χ3v) is 3.05. The lowest BCUT2D eigenvalue weighted by Gasteiger charge is -2.06. The second-order valence-electron chi connectivity index (χ2n) is 4.77. The molecule has 0 spiro atoms. The van der Waals surface area contributed by atoms with Crippen LogP contribution in [0.3, 0.4) is 0 Å². The Morgan fingerprint density at radius 1 is 1.23 bits per heavy atom. The molecular formula is C18H16N2O2. The molecule has 4 heteroatoms. The number of anilines is 1. The van der Waals surface area contributed by atoms with Gasteiger partial charge in [-0.25, -0.2) is 0 Å². The third-order valence-electron chi connectivity index (χ3n) is 3.05. The summed E-state index contributed by atoms with van der Waals surface area (Å²) in [5.74, 6) is 0.191. The van der Waals surface area contributed by atoms with Crippen molar-refractivity contribution in [2.75, 3.05) is 12.4 Å². The van der Waals surface area contributed by atoms with E-state index in [0.29, 0.717) is 11.4 Å². The number of nitriles is 1. The van der Waals surface area contributed by atoms with Crippen molar-refractivity contribution in [1.82, 2.24) is 0 Å². The average Bonchev–Trinajstić information content (AvgIpc) is 2.52. The van der Waals surface area contributed by atoms with Crippen LogP contribution in [0.15, 0.2) is 54.1 Å². The van der Waals surface area contributed by atoms with Crippen molar-refractivity contribution >= 4 is 17.7 Å². The Balaban J connectivity index is 2.20. The van der Waals surface area contributed by atoms with Crippen molar-refractivity contribution in [3.05, 3.63) is 65.2 Å². The molecule has 0 aliphatic rings. The average molecular weight is 292 g/mol. The number of ether oxygens (including phenoxy) is 1. The molecule has 2 rings (SSSR count). The number of hydrogen-bond acceptors (Lipinski definition) is 3. The second-order valence-corrected chi connectivity index (χ2v) is 4.77. The number of nitrogens with zero attached hydrogens (tertiary/aromatic N) is 1. The van der Waals surface area contributed by atoms with Gasteiger partial charge < -0.3 is 10.1 Å². The molecule has 2 aromatic rings. The van der Waals surface area contributed by atoms with Crippen LogP contribution in [0, 0.1) is 18.3 Å². The molecule has 0 saturated heterocycles. The van der Waals surface area contributed by atoms with Crippen LogP contribution < -0.4 is 10.1 Å². The molecule has 0 heterocycles. The zero-order valence-corrected chi connectivity index (χ0v) is 12.5. The Labute approximate surface area is 129 Å². The van der Waals surface area contributed by atoms with Crippen LogP contribution in [-0.2, 0) is 4.79 Å². The van der Waals surface area contributed by atoms with E-state index in [1.165, 1.54) is 0 Å². The van der Waals surface area contributed by atoms with E-state index in [4.69, 9.17) is 4.74 Å². The minimum Gasteiger partial charge on any atom is -0.497 e. The predicted molar refractivity (Wildman–Crippen MR) is 86.4 cm³/mol. The lowest BCUT2D eigenvalue weighted by atomic mass is 10.1. The van der Waals surface area contributed by atoms with Crippen molar-refractivity contribution in [1.29, 1.82) is 5.26 Å². The Kier molecular flexibility index (Phi) is 4.94. The van der Waals surface area contributed by atoms with E-state index in [1.54, 1.807) is 37.5 Å². The molecule has 0 unspecified atom stereocenters. The molecule has 0 fully saturated rings. The summed E-state index contributed by atoms with van der Waals surface area (Å²) in [6.45, 7) is 1.96. The summed E-state index contributed by atoms with van der Waals surface area (Å²) in [6.07, 6.45) is 1.57. The Hall–Kier alpha value is -3.06. The minimum absolute atomic E-state index is 0.0495. The molecule has 0 aliphatic heterocycles. The molecule has 22 heavy (non-hydrogen) atoms. The van der Waals surface area contributed by atoms with E-state index in [1.807, 2.05) is 37.3 Å². The summed E-state index contributed by atoms with van der Waals surface area (Å²) >= 11 is 0. The fraction of sp³-hybridized carbons (Fsp3) is 0.111. The maximum Gasteiger partial charge on any atom is 0.266 e.